The second kappa shape index (κ2) is 8.13. The van der Waals surface area contributed by atoms with Gasteiger partial charge in [-0.1, -0.05) is 26.7 Å². The lowest BCUT2D eigenvalue weighted by molar-refractivity contribution is -0.134. The third-order valence-corrected chi connectivity index (χ3v) is 5.80. The maximum absolute atomic E-state index is 12.3. The van der Waals surface area contributed by atoms with E-state index >= 15 is 0 Å². The lowest BCUT2D eigenvalue weighted by Gasteiger charge is -2.36. The van der Waals surface area contributed by atoms with E-state index in [4.69, 9.17) is 0 Å². The Labute approximate surface area is 140 Å². The van der Waals surface area contributed by atoms with Crippen LogP contribution in [0, 0.1) is 17.8 Å². The summed E-state index contributed by atoms with van der Waals surface area (Å²) in [6.45, 7) is 6.70. The van der Waals surface area contributed by atoms with E-state index in [-0.39, 0.29) is 17.7 Å². The molecular formula is C18H33N3O2. The summed E-state index contributed by atoms with van der Waals surface area (Å²) in [6, 6.07) is 0.333. The number of hydrogen-bond acceptors (Lipinski definition) is 3. The molecule has 3 unspecified atom stereocenters. The van der Waals surface area contributed by atoms with Gasteiger partial charge in [0, 0.05) is 26.1 Å². The SMILES string of the molecule is CC1CCCC(NC(=O)CN2CCC(C(=O)N(C)C)CC2)C1C. The summed E-state index contributed by atoms with van der Waals surface area (Å²) in [5.74, 6) is 1.76. The highest BCUT2D eigenvalue weighted by atomic mass is 16.2. The van der Waals surface area contributed by atoms with Gasteiger partial charge in [-0.2, -0.15) is 0 Å². The Morgan fingerprint density at radius 3 is 2.35 bits per heavy atom. The number of rotatable bonds is 4. The van der Waals surface area contributed by atoms with Crippen LogP contribution in [-0.2, 0) is 9.59 Å². The summed E-state index contributed by atoms with van der Waals surface area (Å²) in [6.07, 6.45) is 5.33. The Kier molecular flexibility index (Phi) is 6.45. The molecule has 1 aliphatic heterocycles. The number of carbonyl (C=O) groups excluding carboxylic acids is 2. The van der Waals surface area contributed by atoms with E-state index in [1.165, 1.54) is 12.8 Å². The Morgan fingerprint density at radius 2 is 1.74 bits per heavy atom. The Balaban J connectivity index is 1.73. The van der Waals surface area contributed by atoms with Crippen LogP contribution < -0.4 is 5.32 Å². The number of piperidine rings is 1. The normalized spacial score (nSPS) is 30.0. The topological polar surface area (TPSA) is 52.7 Å². The van der Waals surface area contributed by atoms with Gasteiger partial charge in [0.25, 0.3) is 0 Å². The quantitative estimate of drug-likeness (QED) is 0.857. The molecule has 1 aliphatic carbocycles. The van der Waals surface area contributed by atoms with Crippen molar-refractivity contribution in [1.29, 1.82) is 0 Å². The first-order chi connectivity index (χ1) is 10.9. The highest BCUT2D eigenvalue weighted by Gasteiger charge is 2.30. The fourth-order valence-corrected chi connectivity index (χ4v) is 3.94. The van der Waals surface area contributed by atoms with E-state index in [1.54, 1.807) is 4.90 Å². The molecule has 0 spiro atoms. The number of likely N-dealkylation sites (tertiary alicyclic amines) is 1. The van der Waals surface area contributed by atoms with E-state index in [9.17, 15) is 9.59 Å². The average Bonchev–Trinajstić information content (AvgIpc) is 2.52. The third kappa shape index (κ3) is 4.93. The van der Waals surface area contributed by atoms with Crippen molar-refractivity contribution in [2.45, 2.75) is 52.0 Å². The van der Waals surface area contributed by atoms with E-state index in [0.717, 1.165) is 32.4 Å². The van der Waals surface area contributed by atoms with Gasteiger partial charge in [0.2, 0.25) is 11.8 Å². The van der Waals surface area contributed by atoms with E-state index in [0.29, 0.717) is 24.4 Å². The van der Waals surface area contributed by atoms with Crippen molar-refractivity contribution >= 4 is 11.8 Å². The first kappa shape index (κ1) is 18.2. The highest BCUT2D eigenvalue weighted by molar-refractivity contribution is 5.79. The molecular weight excluding hydrogens is 290 g/mol. The van der Waals surface area contributed by atoms with Gasteiger partial charge in [0.1, 0.15) is 0 Å². The molecule has 2 aliphatic rings. The lowest BCUT2D eigenvalue weighted by Crippen LogP contribution is -2.49. The molecule has 2 fully saturated rings. The van der Waals surface area contributed by atoms with Crippen LogP contribution in [0.3, 0.4) is 0 Å². The molecule has 1 saturated heterocycles. The van der Waals surface area contributed by atoms with Gasteiger partial charge in [0.05, 0.1) is 6.54 Å². The van der Waals surface area contributed by atoms with Crippen LogP contribution in [0.25, 0.3) is 0 Å². The van der Waals surface area contributed by atoms with Crippen molar-refractivity contribution in [1.82, 2.24) is 15.1 Å². The van der Waals surface area contributed by atoms with Gasteiger partial charge in [0.15, 0.2) is 0 Å². The Morgan fingerprint density at radius 1 is 1.09 bits per heavy atom. The van der Waals surface area contributed by atoms with Gasteiger partial charge in [-0.3, -0.25) is 14.5 Å². The van der Waals surface area contributed by atoms with Crippen molar-refractivity contribution < 1.29 is 9.59 Å². The van der Waals surface area contributed by atoms with Crippen molar-refractivity contribution in [2.75, 3.05) is 33.7 Å². The first-order valence-electron chi connectivity index (χ1n) is 9.11. The fraction of sp³-hybridized carbons (Fsp3) is 0.889. The predicted molar refractivity (Wildman–Crippen MR) is 92.0 cm³/mol. The molecule has 0 aromatic carbocycles. The molecule has 0 radical (unpaired) electrons. The number of hydrogen-bond donors (Lipinski definition) is 1. The largest absolute Gasteiger partial charge is 0.352 e. The summed E-state index contributed by atoms with van der Waals surface area (Å²) in [4.78, 5) is 28.2. The summed E-state index contributed by atoms with van der Waals surface area (Å²) in [7, 11) is 3.63. The lowest BCUT2D eigenvalue weighted by atomic mass is 9.78. The minimum Gasteiger partial charge on any atom is -0.352 e. The molecule has 23 heavy (non-hydrogen) atoms. The van der Waals surface area contributed by atoms with Gasteiger partial charge in [-0.25, -0.2) is 0 Å². The fourth-order valence-electron chi connectivity index (χ4n) is 3.94. The van der Waals surface area contributed by atoms with Crippen LogP contribution in [0.2, 0.25) is 0 Å². The van der Waals surface area contributed by atoms with E-state index < -0.39 is 0 Å². The summed E-state index contributed by atoms with van der Waals surface area (Å²) in [5.41, 5.74) is 0. The van der Waals surface area contributed by atoms with E-state index in [1.807, 2.05) is 14.1 Å². The van der Waals surface area contributed by atoms with Crippen LogP contribution in [0.1, 0.15) is 46.0 Å². The smallest absolute Gasteiger partial charge is 0.234 e. The molecule has 1 heterocycles. The van der Waals surface area contributed by atoms with Crippen LogP contribution >= 0.6 is 0 Å². The molecule has 0 aromatic heterocycles. The molecule has 132 valence electrons. The minimum atomic E-state index is 0.128. The highest BCUT2D eigenvalue weighted by Crippen LogP contribution is 2.29. The van der Waals surface area contributed by atoms with E-state index in [2.05, 4.69) is 24.1 Å². The first-order valence-corrected chi connectivity index (χ1v) is 9.11. The molecule has 2 rings (SSSR count). The summed E-state index contributed by atoms with van der Waals surface area (Å²) in [5, 5.41) is 3.24. The van der Waals surface area contributed by atoms with Gasteiger partial charge in [-0.05, 0) is 44.2 Å². The van der Waals surface area contributed by atoms with Crippen LogP contribution in [0.5, 0.6) is 0 Å². The van der Waals surface area contributed by atoms with Crippen molar-refractivity contribution in [3.8, 4) is 0 Å². The number of amides is 2. The molecule has 1 saturated carbocycles. The zero-order chi connectivity index (χ0) is 17.0. The Hall–Kier alpha value is -1.10. The van der Waals surface area contributed by atoms with Crippen LogP contribution in [-0.4, -0.2) is 61.4 Å². The molecule has 1 N–H and O–H groups in total. The monoisotopic (exact) mass is 323 g/mol. The zero-order valence-electron chi connectivity index (χ0n) is 15.2. The van der Waals surface area contributed by atoms with Crippen LogP contribution in [0.15, 0.2) is 0 Å². The molecule has 3 atom stereocenters. The third-order valence-electron chi connectivity index (χ3n) is 5.80. The maximum Gasteiger partial charge on any atom is 0.234 e. The van der Waals surface area contributed by atoms with Crippen molar-refractivity contribution in [3.05, 3.63) is 0 Å². The molecule has 5 heteroatoms. The number of nitrogens with one attached hydrogen (secondary N) is 1. The van der Waals surface area contributed by atoms with Gasteiger partial charge in [-0.15, -0.1) is 0 Å². The Bertz CT molecular complexity index is 416. The van der Waals surface area contributed by atoms with Crippen molar-refractivity contribution in [2.24, 2.45) is 17.8 Å². The molecule has 0 aromatic rings. The molecule has 2 amide bonds. The predicted octanol–water partition coefficient (Wildman–Crippen LogP) is 1.73. The second-order valence-corrected chi connectivity index (χ2v) is 7.72. The molecule has 0 bridgehead atoms. The van der Waals surface area contributed by atoms with Crippen LogP contribution in [0.4, 0.5) is 0 Å². The second-order valence-electron chi connectivity index (χ2n) is 7.72. The minimum absolute atomic E-state index is 0.128. The van der Waals surface area contributed by atoms with Gasteiger partial charge < -0.3 is 10.2 Å². The molecule has 5 nitrogen and oxygen atoms in total. The number of carbonyl (C=O) groups is 2. The number of nitrogens with zero attached hydrogens (tertiary/aromatic N) is 2. The van der Waals surface area contributed by atoms with Gasteiger partial charge >= 0.3 is 0 Å². The summed E-state index contributed by atoms with van der Waals surface area (Å²) < 4.78 is 0. The van der Waals surface area contributed by atoms with Crippen molar-refractivity contribution in [3.63, 3.8) is 0 Å². The standard InChI is InChI=1S/C18H33N3O2/c1-13-6-5-7-16(14(13)2)19-17(22)12-21-10-8-15(9-11-21)18(23)20(3)4/h13-16H,5-12H2,1-4H3,(H,19,22). The summed E-state index contributed by atoms with van der Waals surface area (Å²) >= 11 is 0. The average molecular weight is 323 g/mol. The maximum atomic E-state index is 12.3. The zero-order valence-corrected chi connectivity index (χ0v) is 15.2.